The van der Waals surface area contributed by atoms with Crippen LogP contribution in [0.25, 0.3) is 10.9 Å². The third kappa shape index (κ3) is 8.22. The molecule has 1 aliphatic heterocycles. The number of aromatic nitrogens is 1. The van der Waals surface area contributed by atoms with Crippen molar-refractivity contribution in [3.8, 4) is 0 Å². The zero-order valence-corrected chi connectivity index (χ0v) is 19.7. The Kier molecular flexibility index (Phi) is 9.33. The van der Waals surface area contributed by atoms with E-state index >= 15 is 0 Å². The minimum Gasteiger partial charge on any atom is -0.343 e. The van der Waals surface area contributed by atoms with Crippen molar-refractivity contribution >= 4 is 34.2 Å². The molecule has 8 nitrogen and oxygen atoms in total. The molecular formula is C25H35N5O3. The first-order valence-corrected chi connectivity index (χ1v) is 11.8. The molecule has 2 aromatic rings. The summed E-state index contributed by atoms with van der Waals surface area (Å²) < 4.78 is 0. The van der Waals surface area contributed by atoms with E-state index in [0.29, 0.717) is 25.1 Å². The number of hydrogen-bond acceptors (Lipinski definition) is 6. The van der Waals surface area contributed by atoms with Crippen LogP contribution in [0.3, 0.4) is 0 Å². The predicted octanol–water partition coefficient (Wildman–Crippen LogP) is 2.45. The lowest BCUT2D eigenvalue weighted by Gasteiger charge is -2.32. The molecule has 1 fully saturated rings. The lowest BCUT2D eigenvalue weighted by molar-refractivity contribution is -0.127. The van der Waals surface area contributed by atoms with Crippen molar-refractivity contribution in [1.82, 2.24) is 20.1 Å². The van der Waals surface area contributed by atoms with E-state index in [2.05, 4.69) is 32.5 Å². The van der Waals surface area contributed by atoms with Crippen molar-refractivity contribution in [2.24, 2.45) is 0 Å². The van der Waals surface area contributed by atoms with Crippen LogP contribution >= 0.6 is 0 Å². The molecule has 1 aromatic carbocycles. The monoisotopic (exact) mass is 453 g/mol. The van der Waals surface area contributed by atoms with Crippen LogP contribution in [0.4, 0.5) is 5.69 Å². The Morgan fingerprint density at radius 2 is 1.82 bits per heavy atom. The van der Waals surface area contributed by atoms with Crippen molar-refractivity contribution in [3.63, 3.8) is 0 Å². The average Bonchev–Trinajstić information content (AvgIpc) is 2.79. The molecule has 8 heteroatoms. The number of Topliss-reactive ketones (excluding diaryl/α,β-unsaturated/α-hetero) is 1. The fourth-order valence-corrected chi connectivity index (χ4v) is 3.99. The topological polar surface area (TPSA) is 94.6 Å². The van der Waals surface area contributed by atoms with Gasteiger partial charge in [-0.05, 0) is 38.9 Å². The molecule has 0 spiro atoms. The van der Waals surface area contributed by atoms with Crippen LogP contribution < -0.4 is 10.6 Å². The first kappa shape index (κ1) is 24.8. The van der Waals surface area contributed by atoms with E-state index in [0.717, 1.165) is 56.3 Å². The quantitative estimate of drug-likeness (QED) is 0.508. The molecule has 0 aliphatic carbocycles. The highest BCUT2D eigenvalue weighted by atomic mass is 16.2. The minimum absolute atomic E-state index is 0.139. The molecule has 0 bridgehead atoms. The van der Waals surface area contributed by atoms with E-state index in [4.69, 9.17) is 0 Å². The Hall–Kier alpha value is -2.84. The molecule has 1 aromatic heterocycles. The standard InChI is InChI=1S/C25H35N5O3/c1-19(31)8-4-3-5-11-23(28-24(32)18-30-14-12-29(2)13-15-30)25(33)27-21-16-20-9-6-7-10-22(20)26-17-21/h6-7,9-10,16-17,23H,3-5,8,11-15,18H2,1-2H3,(H,27,33)(H,28,32)/t23-/m0/s1. The number of unbranched alkanes of at least 4 members (excludes halogenated alkanes) is 2. The summed E-state index contributed by atoms with van der Waals surface area (Å²) in [7, 11) is 2.07. The molecule has 33 heavy (non-hydrogen) atoms. The molecular weight excluding hydrogens is 418 g/mol. The Labute approximate surface area is 195 Å². The van der Waals surface area contributed by atoms with Crippen LogP contribution in [-0.2, 0) is 14.4 Å². The molecule has 0 radical (unpaired) electrons. The number of ketones is 1. The van der Waals surface area contributed by atoms with Crippen LogP contribution in [0.2, 0.25) is 0 Å². The predicted molar refractivity (Wildman–Crippen MR) is 130 cm³/mol. The smallest absolute Gasteiger partial charge is 0.246 e. The maximum absolute atomic E-state index is 13.1. The molecule has 2 amide bonds. The number of hydrogen-bond donors (Lipinski definition) is 2. The maximum Gasteiger partial charge on any atom is 0.246 e. The highest BCUT2D eigenvalue weighted by Crippen LogP contribution is 2.17. The fourth-order valence-electron chi connectivity index (χ4n) is 3.99. The van der Waals surface area contributed by atoms with Gasteiger partial charge in [0.15, 0.2) is 0 Å². The number of carbonyl (C=O) groups excluding carboxylic acids is 3. The molecule has 1 aliphatic rings. The van der Waals surface area contributed by atoms with Gasteiger partial charge in [-0.1, -0.05) is 31.0 Å². The molecule has 178 valence electrons. The van der Waals surface area contributed by atoms with Gasteiger partial charge in [0.25, 0.3) is 0 Å². The summed E-state index contributed by atoms with van der Waals surface area (Å²) >= 11 is 0. The number of nitrogens with zero attached hydrogens (tertiary/aromatic N) is 3. The van der Waals surface area contributed by atoms with Gasteiger partial charge in [-0.25, -0.2) is 0 Å². The van der Waals surface area contributed by atoms with Gasteiger partial charge in [0.1, 0.15) is 11.8 Å². The molecule has 1 saturated heterocycles. The molecule has 2 N–H and O–H groups in total. The van der Waals surface area contributed by atoms with Gasteiger partial charge in [-0.3, -0.25) is 19.5 Å². The lowest BCUT2D eigenvalue weighted by atomic mass is 10.1. The first-order valence-electron chi connectivity index (χ1n) is 11.8. The van der Waals surface area contributed by atoms with Crippen LogP contribution in [0, 0.1) is 0 Å². The summed E-state index contributed by atoms with van der Waals surface area (Å²) in [6, 6.07) is 8.97. The number of piperazine rings is 1. The third-order valence-electron chi connectivity index (χ3n) is 5.99. The number of benzene rings is 1. The average molecular weight is 454 g/mol. The molecule has 2 heterocycles. The summed E-state index contributed by atoms with van der Waals surface area (Å²) in [6.45, 7) is 5.43. The number of amides is 2. The van der Waals surface area contributed by atoms with Crippen molar-refractivity contribution in [2.75, 3.05) is 45.1 Å². The summed E-state index contributed by atoms with van der Waals surface area (Å²) in [4.78, 5) is 45.7. The number of carbonyl (C=O) groups is 3. The number of fused-ring (bicyclic) bond motifs is 1. The molecule has 0 saturated carbocycles. The third-order valence-corrected chi connectivity index (χ3v) is 5.99. The van der Waals surface area contributed by atoms with Gasteiger partial charge in [0, 0.05) is 38.0 Å². The molecule has 0 unspecified atom stereocenters. The maximum atomic E-state index is 13.1. The molecule has 1 atom stereocenters. The van der Waals surface area contributed by atoms with Crippen molar-refractivity contribution in [2.45, 2.75) is 45.1 Å². The normalized spacial score (nSPS) is 15.8. The fraction of sp³-hybridized carbons (Fsp3) is 0.520. The van der Waals surface area contributed by atoms with E-state index in [1.54, 1.807) is 13.1 Å². The largest absolute Gasteiger partial charge is 0.343 e. The number of anilines is 1. The number of pyridine rings is 1. The number of likely N-dealkylation sites (N-methyl/N-ethyl adjacent to an activating group) is 1. The zero-order valence-electron chi connectivity index (χ0n) is 19.7. The van der Waals surface area contributed by atoms with Gasteiger partial charge in [-0.2, -0.15) is 0 Å². The van der Waals surface area contributed by atoms with Gasteiger partial charge >= 0.3 is 0 Å². The highest BCUT2D eigenvalue weighted by Gasteiger charge is 2.23. The van der Waals surface area contributed by atoms with E-state index in [1.165, 1.54) is 0 Å². The van der Waals surface area contributed by atoms with Crippen molar-refractivity contribution in [1.29, 1.82) is 0 Å². The van der Waals surface area contributed by atoms with E-state index in [1.807, 2.05) is 30.3 Å². The van der Waals surface area contributed by atoms with Gasteiger partial charge in [0.05, 0.1) is 23.9 Å². The SMILES string of the molecule is CC(=O)CCCCC[C@H](NC(=O)CN1CCN(C)CC1)C(=O)Nc1cnc2ccccc2c1. The Morgan fingerprint density at radius 1 is 1.06 bits per heavy atom. The minimum atomic E-state index is -0.631. The van der Waals surface area contributed by atoms with Crippen molar-refractivity contribution < 1.29 is 14.4 Å². The summed E-state index contributed by atoms with van der Waals surface area (Å²) in [5.41, 5.74) is 1.46. The summed E-state index contributed by atoms with van der Waals surface area (Å²) in [5, 5.41) is 6.80. The highest BCUT2D eigenvalue weighted by molar-refractivity contribution is 5.98. The van der Waals surface area contributed by atoms with Crippen LogP contribution in [-0.4, -0.2) is 78.2 Å². The van der Waals surface area contributed by atoms with Crippen LogP contribution in [0.1, 0.15) is 39.0 Å². The summed E-state index contributed by atoms with van der Waals surface area (Å²) in [6.07, 6.45) is 5.11. The number of para-hydroxylation sites is 1. The van der Waals surface area contributed by atoms with E-state index in [-0.39, 0.29) is 17.6 Å². The lowest BCUT2D eigenvalue weighted by Crippen LogP contribution is -2.51. The van der Waals surface area contributed by atoms with Gasteiger partial charge < -0.3 is 20.3 Å². The Balaban J connectivity index is 1.59. The zero-order chi connectivity index (χ0) is 23.6. The van der Waals surface area contributed by atoms with Gasteiger partial charge in [-0.15, -0.1) is 0 Å². The van der Waals surface area contributed by atoms with E-state index < -0.39 is 6.04 Å². The van der Waals surface area contributed by atoms with Crippen LogP contribution in [0.15, 0.2) is 36.5 Å². The second-order valence-electron chi connectivity index (χ2n) is 8.91. The second kappa shape index (κ2) is 12.4. The summed E-state index contributed by atoms with van der Waals surface area (Å²) in [5.74, 6) is -0.209. The number of nitrogens with one attached hydrogen (secondary N) is 2. The first-order chi connectivity index (χ1) is 15.9. The second-order valence-corrected chi connectivity index (χ2v) is 8.91. The van der Waals surface area contributed by atoms with Crippen molar-refractivity contribution in [3.05, 3.63) is 36.5 Å². The Bertz CT molecular complexity index is 956. The number of rotatable bonds is 11. The van der Waals surface area contributed by atoms with Gasteiger partial charge in [0.2, 0.25) is 11.8 Å². The van der Waals surface area contributed by atoms with Crippen LogP contribution in [0.5, 0.6) is 0 Å². The Morgan fingerprint density at radius 3 is 2.58 bits per heavy atom. The van der Waals surface area contributed by atoms with E-state index in [9.17, 15) is 14.4 Å². The molecule has 3 rings (SSSR count).